The molecule has 0 atom stereocenters. The van der Waals surface area contributed by atoms with Crippen molar-refractivity contribution < 1.29 is 19.1 Å². The van der Waals surface area contributed by atoms with Gasteiger partial charge in [-0.1, -0.05) is 11.6 Å². The zero-order valence-electron chi connectivity index (χ0n) is 16.1. The van der Waals surface area contributed by atoms with E-state index in [4.69, 9.17) is 21.1 Å². The van der Waals surface area contributed by atoms with Crippen LogP contribution in [0.25, 0.3) is 6.08 Å². The van der Waals surface area contributed by atoms with Gasteiger partial charge in [-0.3, -0.25) is 9.59 Å². The Morgan fingerprint density at radius 1 is 1.27 bits per heavy atom. The topological polar surface area (TPSA) is 76.7 Å². The Balaban J connectivity index is 2.74. The summed E-state index contributed by atoms with van der Waals surface area (Å²) in [6, 6.07) is 3.40. The fraction of sp³-hybridized carbons (Fsp3) is 0.474. The fourth-order valence-electron chi connectivity index (χ4n) is 2.05. The second kappa shape index (κ2) is 9.48. The van der Waals surface area contributed by atoms with Gasteiger partial charge in [-0.25, -0.2) is 0 Å². The lowest BCUT2D eigenvalue weighted by atomic mass is 10.1. The molecule has 0 aliphatic carbocycles. The summed E-state index contributed by atoms with van der Waals surface area (Å²) >= 11 is 6.24. The molecule has 6 nitrogen and oxygen atoms in total. The highest BCUT2D eigenvalue weighted by atomic mass is 35.5. The highest BCUT2D eigenvalue weighted by Gasteiger charge is 2.14. The first kappa shape index (κ1) is 21.8. The predicted octanol–water partition coefficient (Wildman–Crippen LogP) is 3.18. The first-order chi connectivity index (χ1) is 12.0. The van der Waals surface area contributed by atoms with Crippen LogP contribution in [0.15, 0.2) is 18.2 Å². The molecule has 0 unspecified atom stereocenters. The lowest BCUT2D eigenvalue weighted by Gasteiger charge is -2.20. The van der Waals surface area contributed by atoms with Crippen LogP contribution in [-0.4, -0.2) is 37.1 Å². The summed E-state index contributed by atoms with van der Waals surface area (Å²) in [7, 11) is 1.52. The minimum Gasteiger partial charge on any atom is -0.493 e. The van der Waals surface area contributed by atoms with E-state index in [9.17, 15) is 9.59 Å². The molecular formula is C19H27ClN2O4. The second-order valence-corrected chi connectivity index (χ2v) is 7.46. The van der Waals surface area contributed by atoms with Gasteiger partial charge in [0.1, 0.15) is 0 Å². The summed E-state index contributed by atoms with van der Waals surface area (Å²) in [6.45, 7) is 9.31. The summed E-state index contributed by atoms with van der Waals surface area (Å²) in [5, 5.41) is 5.69. The number of hydrogen-bond acceptors (Lipinski definition) is 4. The normalized spacial score (nSPS) is 11.5. The molecule has 7 heteroatoms. The lowest BCUT2D eigenvalue weighted by Crippen LogP contribution is -2.45. The zero-order chi connectivity index (χ0) is 19.9. The molecule has 26 heavy (non-hydrogen) atoms. The van der Waals surface area contributed by atoms with E-state index in [2.05, 4.69) is 10.6 Å². The Bertz CT molecular complexity index is 679. The van der Waals surface area contributed by atoms with E-state index in [1.54, 1.807) is 18.2 Å². The molecule has 0 heterocycles. The molecule has 2 N–H and O–H groups in total. The smallest absolute Gasteiger partial charge is 0.244 e. The van der Waals surface area contributed by atoms with Crippen molar-refractivity contribution in [3.63, 3.8) is 0 Å². The molecule has 0 radical (unpaired) electrons. The first-order valence-corrected chi connectivity index (χ1v) is 8.70. The number of benzene rings is 1. The van der Waals surface area contributed by atoms with E-state index < -0.39 is 0 Å². The van der Waals surface area contributed by atoms with Gasteiger partial charge in [0.25, 0.3) is 0 Å². The van der Waals surface area contributed by atoms with E-state index >= 15 is 0 Å². The maximum absolute atomic E-state index is 11.9. The number of hydrogen-bond donors (Lipinski definition) is 2. The minimum absolute atomic E-state index is 0.0483. The van der Waals surface area contributed by atoms with Crippen LogP contribution in [0.5, 0.6) is 11.5 Å². The number of nitrogens with one attached hydrogen (secondary N) is 2. The summed E-state index contributed by atoms with van der Waals surface area (Å²) < 4.78 is 11.0. The number of rotatable bonds is 7. The lowest BCUT2D eigenvalue weighted by molar-refractivity contribution is -0.124. The van der Waals surface area contributed by atoms with E-state index in [1.165, 1.54) is 13.2 Å². The maximum atomic E-state index is 11.9. The van der Waals surface area contributed by atoms with Gasteiger partial charge >= 0.3 is 0 Å². The number of carbonyl (C=O) groups is 2. The third-order valence-electron chi connectivity index (χ3n) is 2.97. The second-order valence-electron chi connectivity index (χ2n) is 7.05. The molecule has 0 aromatic heterocycles. The molecule has 0 bridgehead atoms. The first-order valence-electron chi connectivity index (χ1n) is 8.33. The Morgan fingerprint density at radius 2 is 1.92 bits per heavy atom. The molecule has 144 valence electrons. The molecule has 0 fully saturated rings. The molecule has 0 aliphatic rings. The third-order valence-corrected chi connectivity index (χ3v) is 3.25. The van der Waals surface area contributed by atoms with Crippen molar-refractivity contribution in [3.8, 4) is 11.5 Å². The van der Waals surface area contributed by atoms with Crippen molar-refractivity contribution >= 4 is 29.5 Å². The molecule has 1 aromatic carbocycles. The van der Waals surface area contributed by atoms with Crippen LogP contribution in [0.1, 0.15) is 40.2 Å². The van der Waals surface area contributed by atoms with Gasteiger partial charge in [-0.05, 0) is 58.4 Å². The Labute approximate surface area is 159 Å². The monoisotopic (exact) mass is 382 g/mol. The van der Waals surface area contributed by atoms with Crippen molar-refractivity contribution in [2.45, 2.75) is 46.3 Å². The van der Waals surface area contributed by atoms with Crippen LogP contribution in [0, 0.1) is 0 Å². The van der Waals surface area contributed by atoms with Gasteiger partial charge in [0.15, 0.2) is 11.5 Å². The van der Waals surface area contributed by atoms with Crippen LogP contribution in [0.2, 0.25) is 5.02 Å². The molecule has 1 aromatic rings. The summed E-state index contributed by atoms with van der Waals surface area (Å²) in [4.78, 5) is 23.6. The van der Waals surface area contributed by atoms with Crippen LogP contribution in [-0.2, 0) is 9.59 Å². The van der Waals surface area contributed by atoms with Crippen molar-refractivity contribution in [2.24, 2.45) is 0 Å². The van der Waals surface area contributed by atoms with Crippen LogP contribution in [0.3, 0.4) is 0 Å². The molecule has 0 saturated heterocycles. The van der Waals surface area contributed by atoms with E-state index in [0.717, 1.165) is 0 Å². The molecule has 0 aliphatic heterocycles. The molecule has 1 rings (SSSR count). The van der Waals surface area contributed by atoms with Crippen molar-refractivity contribution in [1.82, 2.24) is 10.6 Å². The number of methoxy groups -OCH3 is 1. The average Bonchev–Trinajstić information content (AvgIpc) is 2.51. The highest BCUT2D eigenvalue weighted by Crippen LogP contribution is 2.37. The van der Waals surface area contributed by atoms with Crippen LogP contribution >= 0.6 is 11.6 Å². The van der Waals surface area contributed by atoms with Crippen LogP contribution < -0.4 is 20.1 Å². The Hall–Kier alpha value is -2.21. The third kappa shape index (κ3) is 7.78. The number of amides is 2. The average molecular weight is 383 g/mol. The van der Waals surface area contributed by atoms with Crippen LogP contribution in [0.4, 0.5) is 0 Å². The van der Waals surface area contributed by atoms with E-state index in [0.29, 0.717) is 22.1 Å². The van der Waals surface area contributed by atoms with Crippen molar-refractivity contribution in [1.29, 1.82) is 0 Å². The Morgan fingerprint density at radius 3 is 2.46 bits per heavy atom. The predicted molar refractivity (Wildman–Crippen MR) is 104 cm³/mol. The molecular weight excluding hydrogens is 356 g/mol. The summed E-state index contributed by atoms with van der Waals surface area (Å²) in [6.07, 6.45) is 2.87. The van der Waals surface area contributed by atoms with Gasteiger partial charge in [-0.15, -0.1) is 0 Å². The number of carbonyl (C=O) groups excluding carboxylic acids is 2. The van der Waals surface area contributed by atoms with E-state index in [1.807, 2.05) is 34.6 Å². The van der Waals surface area contributed by atoms with Crippen molar-refractivity contribution in [3.05, 3.63) is 28.8 Å². The summed E-state index contributed by atoms with van der Waals surface area (Å²) in [5.41, 5.74) is 0.336. The molecule has 2 amide bonds. The quantitative estimate of drug-likeness (QED) is 0.710. The van der Waals surface area contributed by atoms with Gasteiger partial charge < -0.3 is 20.1 Å². The molecule has 0 saturated carbocycles. The van der Waals surface area contributed by atoms with Gasteiger partial charge in [-0.2, -0.15) is 0 Å². The highest BCUT2D eigenvalue weighted by molar-refractivity contribution is 6.32. The SMILES string of the molecule is COc1cc(/C=C/C(=O)NCC(=O)NC(C)(C)C)cc(Cl)c1OC(C)C. The summed E-state index contributed by atoms with van der Waals surface area (Å²) in [5.74, 6) is 0.311. The minimum atomic E-state index is -0.383. The van der Waals surface area contributed by atoms with Gasteiger partial charge in [0.2, 0.25) is 11.8 Å². The molecule has 0 spiro atoms. The Kier molecular flexibility index (Phi) is 7.96. The fourth-order valence-corrected chi connectivity index (χ4v) is 2.31. The van der Waals surface area contributed by atoms with Gasteiger partial charge in [0, 0.05) is 11.6 Å². The van der Waals surface area contributed by atoms with E-state index in [-0.39, 0.29) is 30.0 Å². The van der Waals surface area contributed by atoms with Gasteiger partial charge in [0.05, 0.1) is 24.8 Å². The van der Waals surface area contributed by atoms with Crippen molar-refractivity contribution in [2.75, 3.05) is 13.7 Å². The maximum Gasteiger partial charge on any atom is 0.244 e. The largest absolute Gasteiger partial charge is 0.493 e. The number of halogens is 1. The number of ether oxygens (including phenoxy) is 2. The zero-order valence-corrected chi connectivity index (χ0v) is 16.9. The standard InChI is InChI=1S/C19H27ClN2O4/c1-12(2)26-18-14(20)9-13(10-15(18)25-6)7-8-16(23)21-11-17(24)22-19(3,4)5/h7-10,12H,11H2,1-6H3,(H,21,23)(H,22,24)/b8-7+.